The third-order valence-electron chi connectivity index (χ3n) is 6.73. The van der Waals surface area contributed by atoms with E-state index in [0.29, 0.717) is 12.5 Å². The van der Waals surface area contributed by atoms with Crippen molar-refractivity contribution in [2.24, 2.45) is 0 Å². The Morgan fingerprint density at radius 1 is 1.00 bits per heavy atom. The molecule has 1 aliphatic heterocycles. The van der Waals surface area contributed by atoms with Crippen LogP contribution < -0.4 is 5.32 Å². The maximum Gasteiger partial charge on any atom is 0.243 e. The summed E-state index contributed by atoms with van der Waals surface area (Å²) in [6.45, 7) is 6.19. The lowest BCUT2D eigenvalue weighted by Crippen LogP contribution is -2.61. The zero-order valence-electron chi connectivity index (χ0n) is 20.0. The van der Waals surface area contributed by atoms with Crippen molar-refractivity contribution in [3.8, 4) is 0 Å². The van der Waals surface area contributed by atoms with Gasteiger partial charge in [0, 0.05) is 33.1 Å². The van der Waals surface area contributed by atoms with Gasteiger partial charge in [-0.25, -0.2) is 8.42 Å². The summed E-state index contributed by atoms with van der Waals surface area (Å²) < 4.78 is 28.2. The first-order chi connectivity index (χ1) is 16.2. The Kier molecular flexibility index (Phi) is 7.09. The van der Waals surface area contributed by atoms with Gasteiger partial charge in [0.2, 0.25) is 21.8 Å². The summed E-state index contributed by atoms with van der Waals surface area (Å²) in [6, 6.07) is 14.0. The molecule has 1 aliphatic carbocycles. The number of carbonyl (C=O) groups is 2. The van der Waals surface area contributed by atoms with E-state index in [1.54, 1.807) is 12.1 Å². The van der Waals surface area contributed by atoms with E-state index in [1.807, 2.05) is 38.1 Å². The largest absolute Gasteiger partial charge is 0.351 e. The van der Waals surface area contributed by atoms with Crippen LogP contribution in [-0.4, -0.2) is 55.1 Å². The zero-order chi connectivity index (χ0) is 24.5. The van der Waals surface area contributed by atoms with Crippen molar-refractivity contribution in [1.82, 2.24) is 14.5 Å². The first-order valence-corrected chi connectivity index (χ1v) is 13.3. The fourth-order valence-electron chi connectivity index (χ4n) is 4.35. The molecule has 0 bridgehead atoms. The average Bonchev–Trinajstić information content (AvgIpc) is 3.68. The Hall–Kier alpha value is -2.71. The Bertz CT molecular complexity index is 1140. The number of piperazine rings is 1. The molecule has 2 aliphatic rings. The highest BCUT2D eigenvalue weighted by molar-refractivity contribution is 7.89. The monoisotopic (exact) mass is 483 g/mol. The molecule has 8 heteroatoms. The topological polar surface area (TPSA) is 86.8 Å². The quantitative estimate of drug-likeness (QED) is 0.655. The first-order valence-electron chi connectivity index (χ1n) is 11.9. The zero-order valence-corrected chi connectivity index (χ0v) is 20.8. The second-order valence-corrected chi connectivity index (χ2v) is 11.4. The number of sulfonamides is 1. The Balaban J connectivity index is 1.51. The maximum atomic E-state index is 13.5. The number of nitrogens with zero attached hydrogens (tertiary/aromatic N) is 2. The fraction of sp³-hybridized carbons (Fsp3) is 0.462. The van der Waals surface area contributed by atoms with Crippen LogP contribution in [0.25, 0.3) is 0 Å². The van der Waals surface area contributed by atoms with E-state index in [2.05, 4.69) is 17.4 Å². The molecule has 34 heavy (non-hydrogen) atoms. The summed E-state index contributed by atoms with van der Waals surface area (Å²) in [5.74, 6) is 0.371. The number of rotatable bonds is 7. The molecule has 1 heterocycles. The van der Waals surface area contributed by atoms with E-state index in [9.17, 15) is 18.0 Å². The lowest BCUT2D eigenvalue weighted by atomic mass is 10.0. The average molecular weight is 484 g/mol. The highest BCUT2D eigenvalue weighted by Crippen LogP contribution is 2.39. The molecule has 1 atom stereocenters. The number of carbonyl (C=O) groups excluding carboxylic acids is 2. The second-order valence-electron chi connectivity index (χ2n) is 9.55. The smallest absolute Gasteiger partial charge is 0.243 e. The van der Waals surface area contributed by atoms with Gasteiger partial charge in [0.05, 0.1) is 4.90 Å². The summed E-state index contributed by atoms with van der Waals surface area (Å²) in [5, 5.41) is 2.89. The molecule has 1 saturated carbocycles. The Labute approximate surface area is 202 Å². The van der Waals surface area contributed by atoms with Crippen LogP contribution in [0.4, 0.5) is 0 Å². The van der Waals surface area contributed by atoms with Crippen LogP contribution >= 0.6 is 0 Å². The number of nitrogens with one attached hydrogen (secondary N) is 1. The standard InChI is InChI=1S/C26H33N3O4S/c1-18(2)21-10-12-24(13-11-21)34(32,33)29-15-14-28(19(3)30)17-25(29)26(31)27-16-20-4-6-22(7-5-20)23-8-9-23/h4-7,10-13,18,23,25H,8-9,14-17H2,1-3H3,(H,27,31). The number of hydrogen-bond acceptors (Lipinski definition) is 4. The summed E-state index contributed by atoms with van der Waals surface area (Å²) >= 11 is 0. The summed E-state index contributed by atoms with van der Waals surface area (Å²) in [6.07, 6.45) is 2.46. The van der Waals surface area contributed by atoms with Crippen LogP contribution in [-0.2, 0) is 26.2 Å². The van der Waals surface area contributed by atoms with Crippen LogP contribution in [0.5, 0.6) is 0 Å². The predicted molar refractivity (Wildman–Crippen MR) is 131 cm³/mol. The molecule has 7 nitrogen and oxygen atoms in total. The summed E-state index contributed by atoms with van der Waals surface area (Å²) in [4.78, 5) is 26.9. The molecule has 2 aromatic carbocycles. The molecule has 0 radical (unpaired) electrons. The van der Waals surface area contributed by atoms with E-state index in [0.717, 1.165) is 11.1 Å². The Morgan fingerprint density at radius 2 is 1.65 bits per heavy atom. The number of benzene rings is 2. The van der Waals surface area contributed by atoms with E-state index in [4.69, 9.17) is 0 Å². The molecule has 4 rings (SSSR count). The van der Waals surface area contributed by atoms with Crippen molar-refractivity contribution in [3.63, 3.8) is 0 Å². The SMILES string of the molecule is CC(=O)N1CCN(S(=O)(=O)c2ccc(C(C)C)cc2)C(C(=O)NCc2ccc(C3CC3)cc2)C1. The number of amides is 2. The summed E-state index contributed by atoms with van der Waals surface area (Å²) in [5.41, 5.74) is 3.32. The van der Waals surface area contributed by atoms with Gasteiger partial charge in [-0.1, -0.05) is 50.2 Å². The van der Waals surface area contributed by atoms with Gasteiger partial charge in [-0.3, -0.25) is 9.59 Å². The normalized spacial score (nSPS) is 19.3. The second kappa shape index (κ2) is 9.88. The third-order valence-corrected chi connectivity index (χ3v) is 8.65. The fourth-order valence-corrected chi connectivity index (χ4v) is 5.92. The third kappa shape index (κ3) is 5.33. The van der Waals surface area contributed by atoms with Crippen molar-refractivity contribution in [2.45, 2.75) is 62.9 Å². The minimum Gasteiger partial charge on any atom is -0.351 e. The van der Waals surface area contributed by atoms with Crippen LogP contribution in [0.1, 0.15) is 62.1 Å². The predicted octanol–water partition coefficient (Wildman–Crippen LogP) is 3.23. The molecule has 1 saturated heterocycles. The first kappa shape index (κ1) is 24.4. The lowest BCUT2D eigenvalue weighted by Gasteiger charge is -2.39. The lowest BCUT2D eigenvalue weighted by molar-refractivity contribution is -0.134. The van der Waals surface area contributed by atoms with Gasteiger partial charge in [0.1, 0.15) is 6.04 Å². The van der Waals surface area contributed by atoms with E-state index in [1.165, 1.54) is 34.5 Å². The van der Waals surface area contributed by atoms with E-state index >= 15 is 0 Å². The molecule has 0 aromatic heterocycles. The maximum absolute atomic E-state index is 13.5. The molecule has 0 spiro atoms. The Morgan fingerprint density at radius 3 is 2.21 bits per heavy atom. The van der Waals surface area contributed by atoms with Gasteiger partial charge in [-0.05, 0) is 53.5 Å². The van der Waals surface area contributed by atoms with E-state index < -0.39 is 22.0 Å². The minimum absolute atomic E-state index is 0.0328. The van der Waals surface area contributed by atoms with Crippen LogP contribution in [0.3, 0.4) is 0 Å². The van der Waals surface area contributed by atoms with Crippen LogP contribution in [0, 0.1) is 0 Å². The van der Waals surface area contributed by atoms with Crippen molar-refractivity contribution in [1.29, 1.82) is 0 Å². The molecule has 2 aromatic rings. The van der Waals surface area contributed by atoms with Gasteiger partial charge in [-0.2, -0.15) is 4.31 Å². The highest BCUT2D eigenvalue weighted by Gasteiger charge is 2.40. The molecule has 2 amide bonds. The molecule has 2 fully saturated rings. The van der Waals surface area contributed by atoms with Gasteiger partial charge < -0.3 is 10.2 Å². The van der Waals surface area contributed by atoms with E-state index in [-0.39, 0.29) is 36.4 Å². The number of hydrogen-bond donors (Lipinski definition) is 1. The molecule has 1 unspecified atom stereocenters. The van der Waals surface area contributed by atoms with Gasteiger partial charge in [0.25, 0.3) is 0 Å². The molecule has 182 valence electrons. The van der Waals surface area contributed by atoms with Crippen LogP contribution in [0.2, 0.25) is 0 Å². The van der Waals surface area contributed by atoms with Gasteiger partial charge >= 0.3 is 0 Å². The molecule has 1 N–H and O–H groups in total. The van der Waals surface area contributed by atoms with Crippen molar-refractivity contribution >= 4 is 21.8 Å². The van der Waals surface area contributed by atoms with Crippen molar-refractivity contribution < 1.29 is 18.0 Å². The van der Waals surface area contributed by atoms with Gasteiger partial charge in [0.15, 0.2) is 0 Å². The van der Waals surface area contributed by atoms with Crippen molar-refractivity contribution in [3.05, 3.63) is 65.2 Å². The van der Waals surface area contributed by atoms with Crippen LogP contribution in [0.15, 0.2) is 53.4 Å². The minimum atomic E-state index is -3.90. The van der Waals surface area contributed by atoms with Gasteiger partial charge in [-0.15, -0.1) is 0 Å². The molecular weight excluding hydrogens is 450 g/mol. The molecular formula is C26H33N3O4S. The van der Waals surface area contributed by atoms with Crippen molar-refractivity contribution in [2.75, 3.05) is 19.6 Å². The summed E-state index contributed by atoms with van der Waals surface area (Å²) in [7, 11) is -3.90. The highest BCUT2D eigenvalue weighted by atomic mass is 32.2.